The Bertz CT molecular complexity index is 599. The second-order valence-corrected chi connectivity index (χ2v) is 12.4. The molecule has 5 heteroatoms. The zero-order valence-electron chi connectivity index (χ0n) is 13.2. The van der Waals surface area contributed by atoms with Crippen LogP contribution < -0.4 is 0 Å². The van der Waals surface area contributed by atoms with Crippen molar-refractivity contribution in [2.24, 2.45) is 0 Å². The van der Waals surface area contributed by atoms with Crippen LogP contribution in [0, 0.1) is 0 Å². The van der Waals surface area contributed by atoms with E-state index in [1.807, 2.05) is 22.9 Å². The minimum Gasteiger partial charge on any atom is -0.357 e. The van der Waals surface area contributed by atoms with Crippen LogP contribution in [0.15, 0.2) is 24.3 Å². The molecule has 0 amide bonds. The molecule has 114 valence electrons. The van der Waals surface area contributed by atoms with Gasteiger partial charge in [-0.25, -0.2) is 4.68 Å². The predicted molar refractivity (Wildman–Crippen MR) is 87.9 cm³/mol. The third-order valence-corrected chi connectivity index (χ3v) is 6.08. The molecule has 1 heterocycles. The van der Waals surface area contributed by atoms with Gasteiger partial charge in [-0.2, -0.15) is 0 Å². The molecule has 1 atom stereocenters. The fraction of sp³-hybridized carbons (Fsp3) is 0.625. The first-order valence-electron chi connectivity index (χ1n) is 8.01. The first-order valence-corrected chi connectivity index (χ1v) is 11.6. The van der Waals surface area contributed by atoms with Gasteiger partial charge < -0.3 is 4.74 Å². The van der Waals surface area contributed by atoms with Crippen LogP contribution in [0.25, 0.3) is 11.0 Å². The fourth-order valence-electron chi connectivity index (χ4n) is 3.07. The Morgan fingerprint density at radius 3 is 2.57 bits per heavy atom. The maximum absolute atomic E-state index is 6.53. The monoisotopic (exact) mass is 303 g/mol. The third kappa shape index (κ3) is 3.19. The number of nitrogens with zero attached hydrogens (tertiary/aromatic N) is 3. The summed E-state index contributed by atoms with van der Waals surface area (Å²) in [4.78, 5) is 0. The number of ether oxygens (including phenoxy) is 1. The van der Waals surface area contributed by atoms with Gasteiger partial charge in [-0.15, -0.1) is 5.10 Å². The van der Waals surface area contributed by atoms with Crippen molar-refractivity contribution in [2.75, 3.05) is 0 Å². The summed E-state index contributed by atoms with van der Waals surface area (Å²) < 4.78 is 8.55. The van der Waals surface area contributed by atoms with Gasteiger partial charge in [0.1, 0.15) is 19.4 Å². The van der Waals surface area contributed by atoms with E-state index < -0.39 is 8.07 Å². The van der Waals surface area contributed by atoms with E-state index in [0.29, 0.717) is 6.10 Å². The lowest BCUT2D eigenvalue weighted by atomic mass is 9.98. The number of hydrogen-bond donors (Lipinski definition) is 0. The van der Waals surface area contributed by atoms with Crippen molar-refractivity contribution < 1.29 is 4.74 Å². The summed E-state index contributed by atoms with van der Waals surface area (Å²) in [6.45, 7) is 7.03. The van der Waals surface area contributed by atoms with Gasteiger partial charge in [-0.05, 0) is 25.0 Å². The highest BCUT2D eigenvalue weighted by atomic mass is 28.3. The lowest BCUT2D eigenvalue weighted by Crippen LogP contribution is -2.40. The van der Waals surface area contributed by atoms with Crippen molar-refractivity contribution in [2.45, 2.75) is 63.7 Å². The van der Waals surface area contributed by atoms with Crippen LogP contribution in [0.5, 0.6) is 0 Å². The molecule has 21 heavy (non-hydrogen) atoms. The van der Waals surface area contributed by atoms with Crippen molar-refractivity contribution in [1.29, 1.82) is 0 Å². The summed E-state index contributed by atoms with van der Waals surface area (Å²) in [6.07, 6.45) is 6.70. The Balaban J connectivity index is 1.91. The number of benzene rings is 1. The first kappa shape index (κ1) is 14.7. The second-order valence-electron chi connectivity index (χ2n) is 7.14. The van der Waals surface area contributed by atoms with Gasteiger partial charge in [-0.3, -0.25) is 0 Å². The number of hydrogen-bond acceptors (Lipinski definition) is 3. The molecule has 1 unspecified atom stereocenters. The Morgan fingerprint density at radius 2 is 1.86 bits per heavy atom. The topological polar surface area (TPSA) is 39.9 Å². The van der Waals surface area contributed by atoms with Gasteiger partial charge in [0.25, 0.3) is 0 Å². The van der Waals surface area contributed by atoms with Crippen molar-refractivity contribution in [3.05, 3.63) is 24.3 Å². The molecule has 3 rings (SSSR count). The van der Waals surface area contributed by atoms with E-state index in [1.165, 1.54) is 32.1 Å². The van der Waals surface area contributed by atoms with Crippen LogP contribution in [-0.4, -0.2) is 29.2 Å². The average molecular weight is 303 g/mol. The molecule has 1 fully saturated rings. The smallest absolute Gasteiger partial charge is 0.137 e. The fourth-order valence-corrected chi connectivity index (χ4v) is 4.60. The third-order valence-electron chi connectivity index (χ3n) is 4.21. The predicted octanol–water partition coefficient (Wildman–Crippen LogP) is 4.16. The molecule has 4 nitrogen and oxygen atoms in total. The van der Waals surface area contributed by atoms with Crippen molar-refractivity contribution >= 4 is 19.1 Å². The molecule has 1 aromatic heterocycles. The Kier molecular flexibility index (Phi) is 4.13. The Hall–Kier alpha value is -1.20. The molecular weight excluding hydrogens is 278 g/mol. The molecule has 1 aromatic carbocycles. The molecule has 0 N–H and O–H groups in total. The van der Waals surface area contributed by atoms with Gasteiger partial charge in [0.2, 0.25) is 0 Å². The molecule has 1 saturated carbocycles. The highest BCUT2D eigenvalue weighted by molar-refractivity contribution is 6.76. The Labute approximate surface area is 127 Å². The highest BCUT2D eigenvalue weighted by Gasteiger charge is 2.34. The van der Waals surface area contributed by atoms with Crippen LogP contribution in [0.4, 0.5) is 0 Å². The quantitative estimate of drug-likeness (QED) is 0.796. The number of para-hydroxylation sites is 1. The van der Waals surface area contributed by atoms with Crippen LogP contribution in [0.3, 0.4) is 0 Å². The average Bonchev–Trinajstić information content (AvgIpc) is 2.88. The minimum atomic E-state index is -1.55. The normalized spacial score (nSPS) is 19.0. The van der Waals surface area contributed by atoms with E-state index in [1.54, 1.807) is 0 Å². The maximum atomic E-state index is 6.53. The molecular formula is C16H25N3OSi. The van der Waals surface area contributed by atoms with E-state index in [9.17, 15) is 0 Å². The highest BCUT2D eigenvalue weighted by Crippen LogP contribution is 2.31. The van der Waals surface area contributed by atoms with Gasteiger partial charge in [0.05, 0.1) is 11.6 Å². The number of rotatable bonds is 4. The van der Waals surface area contributed by atoms with E-state index in [-0.39, 0.29) is 5.85 Å². The number of fused-ring (bicyclic) bond motifs is 1. The maximum Gasteiger partial charge on any atom is 0.137 e. The van der Waals surface area contributed by atoms with Gasteiger partial charge in [-0.1, -0.05) is 56.2 Å². The van der Waals surface area contributed by atoms with E-state index in [4.69, 9.17) is 4.74 Å². The van der Waals surface area contributed by atoms with Crippen LogP contribution in [0.1, 0.15) is 38.0 Å². The molecule has 2 aromatic rings. The van der Waals surface area contributed by atoms with Crippen LogP contribution >= 0.6 is 0 Å². The van der Waals surface area contributed by atoms with Gasteiger partial charge in [0.15, 0.2) is 0 Å². The zero-order valence-corrected chi connectivity index (χ0v) is 14.2. The van der Waals surface area contributed by atoms with E-state index >= 15 is 0 Å². The molecule has 1 aliphatic rings. The summed E-state index contributed by atoms with van der Waals surface area (Å²) in [6, 6.07) is 8.16. The lowest BCUT2D eigenvalue weighted by molar-refractivity contribution is -0.0336. The number of aromatic nitrogens is 3. The summed E-state index contributed by atoms with van der Waals surface area (Å²) >= 11 is 0. The van der Waals surface area contributed by atoms with E-state index in [2.05, 4.69) is 36.0 Å². The van der Waals surface area contributed by atoms with E-state index in [0.717, 1.165) is 11.0 Å². The molecule has 0 bridgehead atoms. The Morgan fingerprint density at radius 1 is 1.14 bits per heavy atom. The lowest BCUT2D eigenvalue weighted by Gasteiger charge is -2.34. The largest absolute Gasteiger partial charge is 0.357 e. The molecule has 0 aliphatic heterocycles. The zero-order chi connectivity index (χ0) is 14.9. The molecule has 0 spiro atoms. The standard InChI is InChI=1S/C16H25N3OSi/c1-21(2,3)16(20-13-9-5-4-6-10-13)19-15-12-8-7-11-14(15)17-18-19/h7-8,11-13,16H,4-6,9-10H2,1-3H3. The summed E-state index contributed by atoms with van der Waals surface area (Å²) in [5.74, 6) is 0.0630. The van der Waals surface area contributed by atoms with Crippen LogP contribution in [-0.2, 0) is 4.74 Å². The summed E-state index contributed by atoms with van der Waals surface area (Å²) in [5, 5.41) is 8.71. The molecule has 0 radical (unpaired) electrons. The minimum absolute atomic E-state index is 0.0630. The van der Waals surface area contributed by atoms with Crippen molar-refractivity contribution in [3.63, 3.8) is 0 Å². The second kappa shape index (κ2) is 5.89. The van der Waals surface area contributed by atoms with Crippen molar-refractivity contribution in [3.8, 4) is 0 Å². The van der Waals surface area contributed by atoms with Gasteiger partial charge in [0, 0.05) is 0 Å². The SMILES string of the molecule is C[Si](C)(C)C(OC1CCCCC1)n1nnc2ccccc21. The van der Waals surface area contributed by atoms with Crippen molar-refractivity contribution in [1.82, 2.24) is 15.0 Å². The molecule has 1 aliphatic carbocycles. The first-order chi connectivity index (χ1) is 10.1. The van der Waals surface area contributed by atoms with Crippen LogP contribution in [0.2, 0.25) is 19.6 Å². The molecule has 0 saturated heterocycles. The summed E-state index contributed by atoms with van der Waals surface area (Å²) in [5.41, 5.74) is 2.04. The summed E-state index contributed by atoms with van der Waals surface area (Å²) in [7, 11) is -1.55. The van der Waals surface area contributed by atoms with Gasteiger partial charge >= 0.3 is 0 Å².